The van der Waals surface area contributed by atoms with Crippen LogP contribution in [0.2, 0.25) is 0 Å². The summed E-state index contributed by atoms with van der Waals surface area (Å²) in [6, 6.07) is 0. The van der Waals surface area contributed by atoms with Gasteiger partial charge in [-0.15, -0.1) is 0 Å². The number of hydrogen-bond donors (Lipinski definition) is 0. The lowest BCUT2D eigenvalue weighted by molar-refractivity contribution is -0.167. The number of esters is 3. The second kappa shape index (κ2) is 50.5. The predicted octanol–water partition coefficient (Wildman–Crippen LogP) is 17.0. The molecule has 0 N–H and O–H groups in total. The topological polar surface area (TPSA) is 78.9 Å². The quantitative estimate of drug-likeness (QED) is 0.0199. The Morgan fingerprint density at radius 3 is 1.16 bits per heavy atom. The number of rotatable bonds is 46. The van der Waals surface area contributed by atoms with Gasteiger partial charge in [0.15, 0.2) is 6.10 Å². The molecule has 1 atom stereocenters. The largest absolute Gasteiger partial charge is 0.462 e. The summed E-state index contributed by atoms with van der Waals surface area (Å²) in [6.07, 6.45) is 63.1. The summed E-state index contributed by atoms with van der Waals surface area (Å²) in [5.41, 5.74) is 0. The maximum Gasteiger partial charge on any atom is 0.306 e. The van der Waals surface area contributed by atoms with Crippen molar-refractivity contribution in [3.05, 3.63) is 72.9 Å². The molecule has 0 aromatic carbocycles. The van der Waals surface area contributed by atoms with Crippen molar-refractivity contribution in [2.75, 3.05) is 13.2 Å². The van der Waals surface area contributed by atoms with E-state index in [9.17, 15) is 14.4 Å². The predicted molar refractivity (Wildman–Crippen MR) is 265 cm³/mol. The third-order valence-electron chi connectivity index (χ3n) is 11.0. The molecule has 62 heavy (non-hydrogen) atoms. The van der Waals surface area contributed by atoms with Crippen LogP contribution < -0.4 is 0 Å². The number of allylic oxidation sites excluding steroid dienone is 12. The van der Waals surface area contributed by atoms with Gasteiger partial charge in [-0.05, 0) is 70.6 Å². The molecule has 6 nitrogen and oxygen atoms in total. The van der Waals surface area contributed by atoms with Crippen molar-refractivity contribution < 1.29 is 28.6 Å². The molecule has 0 aromatic heterocycles. The summed E-state index contributed by atoms with van der Waals surface area (Å²) in [4.78, 5) is 38.0. The summed E-state index contributed by atoms with van der Waals surface area (Å²) in [7, 11) is 0. The van der Waals surface area contributed by atoms with Crippen molar-refractivity contribution in [1.82, 2.24) is 0 Å². The van der Waals surface area contributed by atoms with E-state index in [0.29, 0.717) is 19.3 Å². The van der Waals surface area contributed by atoms with Gasteiger partial charge in [-0.1, -0.05) is 229 Å². The average Bonchev–Trinajstić information content (AvgIpc) is 3.27. The van der Waals surface area contributed by atoms with E-state index < -0.39 is 6.10 Å². The number of carbonyl (C=O) groups is 3. The van der Waals surface area contributed by atoms with E-state index in [0.717, 1.165) is 109 Å². The van der Waals surface area contributed by atoms with Gasteiger partial charge >= 0.3 is 17.9 Å². The van der Waals surface area contributed by atoms with Gasteiger partial charge in [-0.25, -0.2) is 0 Å². The van der Waals surface area contributed by atoms with Crippen molar-refractivity contribution in [2.24, 2.45) is 0 Å². The van der Waals surface area contributed by atoms with Crippen LogP contribution in [0.25, 0.3) is 0 Å². The lowest BCUT2D eigenvalue weighted by atomic mass is 10.0. The SMILES string of the molecule is CC/C=C/C=C/C=C/CCCCCCCC(=O)OCC(COC(=O)CCCCCCCC/C=C/C/C=C/C/C=C/CC)OC(=O)CCCCCCCCCCCCCCCCC. The number of unbranched alkanes of at least 4 members (excludes halogenated alkanes) is 25. The Kier molecular flexibility index (Phi) is 47.9. The van der Waals surface area contributed by atoms with Crippen molar-refractivity contribution in [2.45, 2.75) is 252 Å². The first-order valence-corrected chi connectivity index (χ1v) is 26.0. The molecule has 0 radical (unpaired) electrons. The molecule has 356 valence electrons. The highest BCUT2D eigenvalue weighted by atomic mass is 16.6. The molecule has 0 fully saturated rings. The van der Waals surface area contributed by atoms with Crippen molar-refractivity contribution in [3.63, 3.8) is 0 Å². The van der Waals surface area contributed by atoms with Gasteiger partial charge in [-0.2, -0.15) is 0 Å². The molecule has 0 rings (SSSR count). The third kappa shape index (κ3) is 47.9. The highest BCUT2D eigenvalue weighted by molar-refractivity contribution is 5.71. The summed E-state index contributed by atoms with van der Waals surface area (Å²) in [5.74, 6) is -0.916. The van der Waals surface area contributed by atoms with Gasteiger partial charge in [-0.3, -0.25) is 14.4 Å². The normalized spacial score (nSPS) is 12.6. The van der Waals surface area contributed by atoms with E-state index in [4.69, 9.17) is 14.2 Å². The molecule has 0 saturated carbocycles. The van der Waals surface area contributed by atoms with E-state index in [1.54, 1.807) is 0 Å². The van der Waals surface area contributed by atoms with E-state index in [1.165, 1.54) is 96.3 Å². The van der Waals surface area contributed by atoms with Gasteiger partial charge in [0.1, 0.15) is 13.2 Å². The standard InChI is InChI=1S/C56H96O6/c1-4-7-10-13-16-19-22-25-27-29-31-34-37-40-43-46-49-55(58)61-52-53(51-60-54(57)48-45-42-39-36-33-30-24-21-18-15-12-9-6-3)62-56(59)50-47-44-41-38-35-32-28-26-23-20-17-14-11-8-5-2/h7,9-10,12,15-16,18-19,21,24-25,27,53H,4-6,8,11,13-14,17,20,22-23,26,28-52H2,1-3H3/b10-7+,12-9+,18-15+,19-16+,24-21+,27-25+. The Morgan fingerprint density at radius 1 is 0.355 bits per heavy atom. The Balaban J connectivity index is 4.41. The molecule has 6 heteroatoms. The molecule has 0 heterocycles. The average molecular weight is 865 g/mol. The first kappa shape index (κ1) is 58.9. The maximum atomic E-state index is 12.8. The molecule has 0 aliphatic carbocycles. The van der Waals surface area contributed by atoms with E-state index >= 15 is 0 Å². The van der Waals surface area contributed by atoms with Crippen LogP contribution in [0.5, 0.6) is 0 Å². The van der Waals surface area contributed by atoms with E-state index in [-0.39, 0.29) is 31.1 Å². The van der Waals surface area contributed by atoms with Crippen LogP contribution in [-0.4, -0.2) is 37.2 Å². The highest BCUT2D eigenvalue weighted by Gasteiger charge is 2.19. The van der Waals surface area contributed by atoms with Crippen molar-refractivity contribution in [1.29, 1.82) is 0 Å². The minimum atomic E-state index is -0.787. The van der Waals surface area contributed by atoms with Crippen molar-refractivity contribution >= 4 is 17.9 Å². The summed E-state index contributed by atoms with van der Waals surface area (Å²) >= 11 is 0. The van der Waals surface area contributed by atoms with Crippen LogP contribution in [0.15, 0.2) is 72.9 Å². The molecule has 0 spiro atoms. The molecular weight excluding hydrogens is 769 g/mol. The van der Waals surface area contributed by atoms with Gasteiger partial charge in [0, 0.05) is 19.3 Å². The first-order chi connectivity index (χ1) is 30.5. The molecule has 0 aliphatic heterocycles. The van der Waals surface area contributed by atoms with Gasteiger partial charge in [0.2, 0.25) is 0 Å². The van der Waals surface area contributed by atoms with Crippen LogP contribution in [-0.2, 0) is 28.6 Å². The zero-order valence-corrected chi connectivity index (χ0v) is 40.6. The van der Waals surface area contributed by atoms with Crippen molar-refractivity contribution in [3.8, 4) is 0 Å². The minimum absolute atomic E-state index is 0.0877. The van der Waals surface area contributed by atoms with E-state index in [1.807, 2.05) is 0 Å². The Labute approximate surface area is 382 Å². The lowest BCUT2D eigenvalue weighted by Crippen LogP contribution is -2.30. The summed E-state index contributed by atoms with van der Waals surface area (Å²) in [6.45, 7) is 6.37. The maximum absolute atomic E-state index is 12.8. The van der Waals surface area contributed by atoms with Crippen LogP contribution in [0.3, 0.4) is 0 Å². The fourth-order valence-electron chi connectivity index (χ4n) is 7.16. The second-order valence-electron chi connectivity index (χ2n) is 17.1. The Bertz CT molecular complexity index is 1180. The summed E-state index contributed by atoms with van der Waals surface area (Å²) < 4.78 is 16.8. The molecule has 0 saturated heterocycles. The lowest BCUT2D eigenvalue weighted by Gasteiger charge is -2.18. The number of carbonyl (C=O) groups excluding carboxylic acids is 3. The fourth-order valence-corrected chi connectivity index (χ4v) is 7.16. The molecule has 0 aromatic rings. The van der Waals surface area contributed by atoms with E-state index in [2.05, 4.69) is 93.7 Å². The van der Waals surface area contributed by atoms with Crippen LogP contribution in [0.4, 0.5) is 0 Å². The minimum Gasteiger partial charge on any atom is -0.462 e. The first-order valence-electron chi connectivity index (χ1n) is 26.0. The van der Waals surface area contributed by atoms with Crippen LogP contribution in [0.1, 0.15) is 245 Å². The molecule has 0 amide bonds. The summed E-state index contributed by atoms with van der Waals surface area (Å²) in [5, 5.41) is 0. The van der Waals surface area contributed by atoms with Crippen LogP contribution >= 0.6 is 0 Å². The fraction of sp³-hybridized carbons (Fsp3) is 0.732. The Hall–Kier alpha value is -3.15. The third-order valence-corrected chi connectivity index (χ3v) is 11.0. The van der Waals surface area contributed by atoms with Gasteiger partial charge < -0.3 is 14.2 Å². The Morgan fingerprint density at radius 2 is 0.710 bits per heavy atom. The monoisotopic (exact) mass is 865 g/mol. The van der Waals surface area contributed by atoms with Crippen LogP contribution in [0, 0.1) is 0 Å². The number of hydrogen-bond acceptors (Lipinski definition) is 6. The number of ether oxygens (including phenoxy) is 3. The second-order valence-corrected chi connectivity index (χ2v) is 17.1. The molecule has 0 aliphatic rings. The van der Waals surface area contributed by atoms with Gasteiger partial charge in [0.25, 0.3) is 0 Å². The molecule has 1 unspecified atom stereocenters. The zero-order valence-electron chi connectivity index (χ0n) is 40.6. The van der Waals surface area contributed by atoms with Gasteiger partial charge in [0.05, 0.1) is 0 Å². The zero-order chi connectivity index (χ0) is 45.1. The molecule has 0 bridgehead atoms. The smallest absolute Gasteiger partial charge is 0.306 e. The highest BCUT2D eigenvalue weighted by Crippen LogP contribution is 2.15. The molecular formula is C56H96O6.